The van der Waals surface area contributed by atoms with Gasteiger partial charge in [-0.05, 0) is 35.6 Å². The highest BCUT2D eigenvalue weighted by Crippen LogP contribution is 2.79. The van der Waals surface area contributed by atoms with Crippen LogP contribution in [0, 0.1) is 0 Å². The molecular formula is C18H20O2P2. The Morgan fingerprint density at radius 3 is 1.50 bits per heavy atom. The van der Waals surface area contributed by atoms with Crippen LogP contribution in [0.1, 0.15) is 33.6 Å². The molecule has 2 aromatic carbocycles. The molecule has 4 heteroatoms. The molecule has 0 fully saturated rings. The Morgan fingerprint density at radius 2 is 1.09 bits per heavy atom. The van der Waals surface area contributed by atoms with Crippen molar-refractivity contribution in [2.75, 3.05) is 13.3 Å². The average Bonchev–Trinajstić information content (AvgIpc) is 2.86. The van der Waals surface area contributed by atoms with Crippen LogP contribution in [0.25, 0.3) is 0 Å². The molecule has 2 nitrogen and oxygen atoms in total. The first-order chi connectivity index (χ1) is 10.4. The van der Waals surface area contributed by atoms with E-state index in [4.69, 9.17) is 0 Å². The number of rotatable bonds is 1. The predicted octanol–water partition coefficient (Wildman–Crippen LogP) is 5.48. The quantitative estimate of drug-likeness (QED) is 0.649. The van der Waals surface area contributed by atoms with Gasteiger partial charge in [0, 0.05) is 12.3 Å². The molecule has 0 saturated carbocycles. The van der Waals surface area contributed by atoms with Gasteiger partial charge in [0.15, 0.2) is 0 Å². The summed E-state index contributed by atoms with van der Waals surface area (Å²) in [5, 5.41) is 0. The summed E-state index contributed by atoms with van der Waals surface area (Å²) < 4.78 is 26.7. The zero-order valence-corrected chi connectivity index (χ0v) is 14.7. The van der Waals surface area contributed by atoms with Gasteiger partial charge in [-0.2, -0.15) is 0 Å². The lowest BCUT2D eigenvalue weighted by Crippen LogP contribution is -2.06. The van der Waals surface area contributed by atoms with E-state index in [0.29, 0.717) is 12.3 Å². The maximum Gasteiger partial charge on any atom is 0.0971 e. The maximum absolute atomic E-state index is 13.4. The zero-order valence-electron chi connectivity index (χ0n) is 12.9. The minimum Gasteiger partial charge on any atom is -0.323 e. The highest BCUT2D eigenvalue weighted by atomic mass is 31.2. The number of hydrogen-bond acceptors (Lipinski definition) is 2. The van der Waals surface area contributed by atoms with E-state index in [0.717, 1.165) is 11.1 Å². The second-order valence-electron chi connectivity index (χ2n) is 6.95. The van der Waals surface area contributed by atoms with Gasteiger partial charge in [0.25, 0.3) is 0 Å². The van der Waals surface area contributed by atoms with Gasteiger partial charge in [-0.3, -0.25) is 0 Å². The monoisotopic (exact) mass is 330 g/mol. The number of benzene rings is 2. The summed E-state index contributed by atoms with van der Waals surface area (Å²) >= 11 is 0. The van der Waals surface area contributed by atoms with Crippen molar-refractivity contribution in [3.05, 3.63) is 70.8 Å². The van der Waals surface area contributed by atoms with Gasteiger partial charge in [0.2, 0.25) is 0 Å². The summed E-state index contributed by atoms with van der Waals surface area (Å²) in [6.45, 7) is 3.80. The topological polar surface area (TPSA) is 34.1 Å². The van der Waals surface area contributed by atoms with Crippen LogP contribution in [0.4, 0.5) is 0 Å². The molecule has 0 amide bonds. The number of hydrogen-bond donors (Lipinski definition) is 0. The molecule has 2 heterocycles. The molecule has 0 bridgehead atoms. The highest BCUT2D eigenvalue weighted by molar-refractivity contribution is 7.67. The highest BCUT2D eigenvalue weighted by Gasteiger charge is 2.51. The van der Waals surface area contributed by atoms with Crippen molar-refractivity contribution < 1.29 is 9.13 Å². The normalized spacial score (nSPS) is 36.1. The molecule has 2 aliphatic rings. The van der Waals surface area contributed by atoms with Crippen molar-refractivity contribution in [3.63, 3.8) is 0 Å². The van der Waals surface area contributed by atoms with Crippen LogP contribution in [0.15, 0.2) is 48.5 Å². The van der Waals surface area contributed by atoms with E-state index in [1.165, 1.54) is 11.1 Å². The molecule has 0 radical (unpaired) electrons. The smallest absolute Gasteiger partial charge is 0.0971 e. The summed E-state index contributed by atoms with van der Waals surface area (Å²) in [6.07, 6.45) is 1.29. The van der Waals surface area contributed by atoms with Crippen LogP contribution < -0.4 is 0 Å². The lowest BCUT2D eigenvalue weighted by Gasteiger charge is -2.28. The van der Waals surface area contributed by atoms with E-state index < -0.39 is 14.3 Å². The summed E-state index contributed by atoms with van der Waals surface area (Å²) in [5.74, 6) is 0. The minimum absolute atomic E-state index is 0.0804. The molecule has 0 N–H and O–H groups in total. The molecule has 2 aliphatic heterocycles. The zero-order chi connectivity index (χ0) is 15.5. The second-order valence-corrected chi connectivity index (χ2v) is 13.4. The maximum atomic E-state index is 13.4. The van der Waals surface area contributed by atoms with Crippen LogP contribution in [0.5, 0.6) is 0 Å². The first kappa shape index (κ1) is 14.5. The fourth-order valence-corrected chi connectivity index (χ4v) is 11.5. The molecule has 0 aliphatic carbocycles. The Kier molecular flexibility index (Phi) is 3.09. The van der Waals surface area contributed by atoms with E-state index in [9.17, 15) is 9.13 Å². The third-order valence-electron chi connectivity index (χ3n) is 5.19. The molecule has 22 heavy (non-hydrogen) atoms. The molecule has 4 rings (SSSR count). The fraction of sp³-hybridized carbons (Fsp3) is 0.333. The van der Waals surface area contributed by atoms with Crippen LogP contribution >= 0.6 is 14.3 Å². The third-order valence-corrected chi connectivity index (χ3v) is 10.9. The van der Waals surface area contributed by atoms with Gasteiger partial charge in [0.05, 0.1) is 25.6 Å². The van der Waals surface area contributed by atoms with E-state index in [1.54, 1.807) is 0 Å². The molecular weight excluding hydrogens is 310 g/mol. The fourth-order valence-electron chi connectivity index (χ4n) is 4.33. The second kappa shape index (κ2) is 4.70. The van der Waals surface area contributed by atoms with E-state index in [2.05, 4.69) is 24.3 Å². The van der Waals surface area contributed by atoms with Gasteiger partial charge in [-0.1, -0.05) is 48.5 Å². The Bertz CT molecular complexity index is 784. The Balaban J connectivity index is 1.94. The van der Waals surface area contributed by atoms with Crippen LogP contribution in [-0.4, -0.2) is 13.3 Å². The predicted molar refractivity (Wildman–Crippen MR) is 92.8 cm³/mol. The first-order valence-corrected chi connectivity index (χ1v) is 12.5. The Hall–Kier alpha value is -1.10. The van der Waals surface area contributed by atoms with Crippen molar-refractivity contribution >= 4 is 14.3 Å². The van der Waals surface area contributed by atoms with Gasteiger partial charge < -0.3 is 9.13 Å². The van der Waals surface area contributed by atoms with Crippen molar-refractivity contribution in [1.82, 2.24) is 0 Å². The molecule has 1 unspecified atom stereocenters. The summed E-state index contributed by atoms with van der Waals surface area (Å²) in [7, 11) is -4.78. The molecule has 114 valence electrons. The van der Waals surface area contributed by atoms with Crippen molar-refractivity contribution in [2.24, 2.45) is 0 Å². The van der Waals surface area contributed by atoms with Crippen LogP contribution in [0.2, 0.25) is 0 Å². The first-order valence-electron chi connectivity index (χ1n) is 7.68. The molecule has 0 spiro atoms. The molecule has 0 saturated heterocycles. The molecule has 2 aromatic rings. The molecule has 4 atom stereocenters. The lowest BCUT2D eigenvalue weighted by molar-refractivity contribution is 0.556. The number of fused-ring (bicyclic) bond motifs is 2. The van der Waals surface area contributed by atoms with Gasteiger partial charge in [-0.25, -0.2) is 0 Å². The third kappa shape index (κ3) is 2.01. The minimum atomic E-state index is -2.39. The lowest BCUT2D eigenvalue weighted by atomic mass is 9.98. The van der Waals surface area contributed by atoms with E-state index in [-0.39, 0.29) is 11.3 Å². The van der Waals surface area contributed by atoms with E-state index in [1.807, 2.05) is 37.6 Å². The van der Waals surface area contributed by atoms with Crippen LogP contribution in [0.3, 0.4) is 0 Å². The Morgan fingerprint density at radius 1 is 0.727 bits per heavy atom. The van der Waals surface area contributed by atoms with Gasteiger partial charge in [0.1, 0.15) is 0 Å². The van der Waals surface area contributed by atoms with Gasteiger partial charge >= 0.3 is 0 Å². The van der Waals surface area contributed by atoms with E-state index >= 15 is 0 Å². The molecule has 0 aromatic heterocycles. The standard InChI is InChI=1S/C18H20O2P2/c1-21(19)11-13-7-3-5-9-15(13)17(21)18-16-10-6-4-8-14(16)12-22(18,2)20/h3-10,17-18H,11-12H2,1-2H3/t17-,18?,21-,22-/m0/s1. The van der Waals surface area contributed by atoms with Crippen molar-refractivity contribution in [2.45, 2.75) is 23.6 Å². The summed E-state index contributed by atoms with van der Waals surface area (Å²) in [5.41, 5.74) is 4.53. The Labute approximate surface area is 131 Å². The average molecular weight is 330 g/mol. The summed E-state index contributed by atoms with van der Waals surface area (Å²) in [6, 6.07) is 16.4. The van der Waals surface area contributed by atoms with Crippen LogP contribution in [-0.2, 0) is 21.5 Å². The van der Waals surface area contributed by atoms with Crippen molar-refractivity contribution in [1.29, 1.82) is 0 Å². The van der Waals surface area contributed by atoms with Crippen molar-refractivity contribution in [3.8, 4) is 0 Å². The summed E-state index contributed by atoms with van der Waals surface area (Å²) in [4.78, 5) is 0. The largest absolute Gasteiger partial charge is 0.323 e. The van der Waals surface area contributed by atoms with Gasteiger partial charge in [-0.15, -0.1) is 0 Å². The SMILES string of the molecule is C[P@]1(=O)Cc2ccccc2C1[C@@H]1c2ccccc2C[P@]1(C)=O.